The third kappa shape index (κ3) is 1.62. The molecule has 0 unspecified atom stereocenters. The third-order valence-corrected chi connectivity index (χ3v) is 3.42. The smallest absolute Gasteiger partial charge is 0.144 e. The minimum absolute atomic E-state index is 0.132. The van der Waals surface area contributed by atoms with Gasteiger partial charge in [-0.3, -0.25) is 4.98 Å². The highest BCUT2D eigenvalue weighted by atomic mass is 16.3. The molecular formula is C18H13NO. The molecule has 0 amide bonds. The van der Waals surface area contributed by atoms with Crippen molar-refractivity contribution < 1.29 is 7.16 Å². The Bertz CT molecular complexity index is 1020. The van der Waals surface area contributed by atoms with Crippen LogP contribution in [0.1, 0.15) is 8.30 Å². The number of benzene rings is 2. The highest BCUT2D eigenvalue weighted by Gasteiger charge is 2.11. The van der Waals surface area contributed by atoms with E-state index < -0.39 is 0 Å². The Morgan fingerprint density at radius 2 is 1.85 bits per heavy atom. The number of aromatic nitrogens is 1. The molecule has 4 rings (SSSR count). The Balaban J connectivity index is 2.10. The summed E-state index contributed by atoms with van der Waals surface area (Å²) in [6.07, 6.45) is 1.64. The number of fused-ring (bicyclic) bond motifs is 3. The van der Waals surface area contributed by atoms with Crippen molar-refractivity contribution in [2.24, 2.45) is 0 Å². The molecular weight excluding hydrogens is 246 g/mol. The summed E-state index contributed by atoms with van der Waals surface area (Å²) in [5, 5.41) is 2.05. The fourth-order valence-corrected chi connectivity index (χ4v) is 2.45. The third-order valence-electron chi connectivity index (χ3n) is 3.42. The van der Waals surface area contributed by atoms with Crippen LogP contribution >= 0.6 is 0 Å². The van der Waals surface area contributed by atoms with E-state index in [0.717, 1.165) is 21.9 Å². The molecule has 0 bridgehead atoms. The van der Waals surface area contributed by atoms with E-state index in [2.05, 4.69) is 4.98 Å². The lowest BCUT2D eigenvalue weighted by atomic mass is 10.1. The zero-order valence-corrected chi connectivity index (χ0v) is 11.0. The fraction of sp³-hybridized carbons (Fsp3) is 0.0556. The van der Waals surface area contributed by atoms with Crippen molar-refractivity contribution in [3.8, 4) is 11.3 Å². The highest BCUT2D eigenvalue weighted by Crippen LogP contribution is 2.34. The van der Waals surface area contributed by atoms with Crippen molar-refractivity contribution in [1.82, 2.24) is 4.98 Å². The maximum atomic E-state index is 8.19. The van der Waals surface area contributed by atoms with Gasteiger partial charge in [0.1, 0.15) is 11.2 Å². The topological polar surface area (TPSA) is 26.0 Å². The Hall–Kier alpha value is -2.61. The monoisotopic (exact) mass is 261 g/mol. The van der Waals surface area contributed by atoms with Gasteiger partial charge in [0.05, 0.1) is 8.44 Å². The molecule has 2 heteroatoms. The van der Waals surface area contributed by atoms with E-state index in [4.69, 9.17) is 7.16 Å². The quantitative estimate of drug-likeness (QED) is 0.484. The van der Waals surface area contributed by atoms with Gasteiger partial charge in [0.15, 0.2) is 0 Å². The van der Waals surface area contributed by atoms with E-state index in [9.17, 15) is 0 Å². The molecule has 0 radical (unpaired) electrons. The van der Waals surface area contributed by atoms with Crippen LogP contribution in [0.5, 0.6) is 0 Å². The van der Waals surface area contributed by atoms with Gasteiger partial charge in [-0.05, 0) is 30.7 Å². The summed E-state index contributed by atoms with van der Waals surface area (Å²) >= 11 is 0. The van der Waals surface area contributed by atoms with Crippen molar-refractivity contribution in [1.29, 1.82) is 0 Å². The number of furan rings is 1. The zero-order valence-electron chi connectivity index (χ0n) is 13.0. The van der Waals surface area contributed by atoms with Gasteiger partial charge in [0.25, 0.3) is 0 Å². The van der Waals surface area contributed by atoms with Crippen LogP contribution in [-0.4, -0.2) is 4.98 Å². The van der Waals surface area contributed by atoms with Gasteiger partial charge in [-0.2, -0.15) is 0 Å². The minimum Gasteiger partial charge on any atom is -0.455 e. The first kappa shape index (κ1) is 9.32. The lowest BCUT2D eigenvalue weighted by Crippen LogP contribution is -1.84. The molecule has 2 aromatic carbocycles. The van der Waals surface area contributed by atoms with Crippen LogP contribution in [0.2, 0.25) is 0 Å². The van der Waals surface area contributed by atoms with Crippen molar-refractivity contribution in [2.75, 3.05) is 0 Å². The number of nitrogens with zero attached hydrogens (tertiary/aromatic N) is 1. The number of hydrogen-bond acceptors (Lipinski definition) is 2. The number of aryl methyl sites for hydroxylation is 1. The van der Waals surface area contributed by atoms with Crippen molar-refractivity contribution >= 4 is 21.9 Å². The summed E-state index contributed by atoms with van der Waals surface area (Å²) in [6.45, 7) is 1.79. The molecule has 2 aromatic heterocycles. The van der Waals surface area contributed by atoms with Crippen LogP contribution in [0.3, 0.4) is 0 Å². The molecule has 0 spiro atoms. The molecule has 0 saturated carbocycles. The zero-order chi connectivity index (χ0) is 15.3. The Kier molecular flexibility index (Phi) is 1.96. The number of pyridine rings is 1. The standard InChI is InChI=1S/C18H13NO/c1-12-9-10-16(19-11-12)15-7-4-6-14-13-5-2-3-8-17(13)20-18(14)15/h2-11H,1H3/i9D,10D. The van der Waals surface area contributed by atoms with Gasteiger partial charge >= 0.3 is 0 Å². The first-order chi connectivity index (χ1) is 10.7. The predicted molar refractivity (Wildman–Crippen MR) is 81.7 cm³/mol. The molecule has 4 aromatic rings. The van der Waals surface area contributed by atoms with Crippen molar-refractivity contribution in [3.05, 3.63) is 66.3 Å². The van der Waals surface area contributed by atoms with Gasteiger partial charge < -0.3 is 4.42 Å². The van der Waals surface area contributed by atoms with E-state index in [1.807, 2.05) is 42.5 Å². The Labute approximate surface area is 119 Å². The van der Waals surface area contributed by atoms with Gasteiger partial charge in [-0.1, -0.05) is 36.4 Å². The highest BCUT2D eigenvalue weighted by molar-refractivity contribution is 6.09. The Morgan fingerprint density at radius 1 is 1.00 bits per heavy atom. The van der Waals surface area contributed by atoms with Gasteiger partial charge in [0, 0.05) is 22.5 Å². The average molecular weight is 261 g/mol. The summed E-state index contributed by atoms with van der Waals surface area (Å²) in [7, 11) is 0. The maximum Gasteiger partial charge on any atom is 0.144 e. The van der Waals surface area contributed by atoms with E-state index in [1.165, 1.54) is 0 Å². The first-order valence-electron chi connectivity index (χ1n) is 7.50. The van der Waals surface area contributed by atoms with E-state index in [0.29, 0.717) is 16.8 Å². The molecule has 0 aliphatic carbocycles. The maximum absolute atomic E-state index is 8.19. The van der Waals surface area contributed by atoms with Crippen LogP contribution in [0, 0.1) is 6.92 Å². The van der Waals surface area contributed by atoms with Crippen LogP contribution in [0.25, 0.3) is 33.2 Å². The lowest BCUT2D eigenvalue weighted by molar-refractivity contribution is 0.670. The predicted octanol–water partition coefficient (Wildman–Crippen LogP) is 4.96. The average Bonchev–Trinajstić information content (AvgIpc) is 2.92. The van der Waals surface area contributed by atoms with Crippen molar-refractivity contribution in [2.45, 2.75) is 6.92 Å². The van der Waals surface area contributed by atoms with Gasteiger partial charge in [-0.15, -0.1) is 0 Å². The van der Waals surface area contributed by atoms with E-state index in [1.54, 1.807) is 13.1 Å². The van der Waals surface area contributed by atoms with E-state index >= 15 is 0 Å². The van der Waals surface area contributed by atoms with Gasteiger partial charge in [-0.25, -0.2) is 0 Å². The molecule has 96 valence electrons. The number of hydrogen-bond donors (Lipinski definition) is 0. The summed E-state index contributed by atoms with van der Waals surface area (Å²) in [6, 6.07) is 14.0. The lowest BCUT2D eigenvalue weighted by Gasteiger charge is -2.02. The number of rotatable bonds is 1. The molecule has 0 atom stereocenters. The van der Waals surface area contributed by atoms with Crippen LogP contribution in [0.15, 0.2) is 65.2 Å². The molecule has 20 heavy (non-hydrogen) atoms. The Morgan fingerprint density at radius 3 is 2.80 bits per heavy atom. The summed E-state index contributed by atoms with van der Waals surface area (Å²) in [5.41, 5.74) is 3.47. The summed E-state index contributed by atoms with van der Waals surface area (Å²) in [5.74, 6) is 0. The second-order valence-electron chi connectivity index (χ2n) is 4.82. The second-order valence-corrected chi connectivity index (χ2v) is 4.82. The molecule has 0 aliphatic heterocycles. The molecule has 0 saturated heterocycles. The minimum atomic E-state index is 0.132. The molecule has 2 heterocycles. The molecule has 0 aliphatic rings. The molecule has 0 fully saturated rings. The summed E-state index contributed by atoms with van der Waals surface area (Å²) in [4.78, 5) is 4.36. The van der Waals surface area contributed by atoms with Crippen LogP contribution < -0.4 is 0 Å². The normalized spacial score (nSPS) is 12.7. The van der Waals surface area contributed by atoms with Crippen LogP contribution in [-0.2, 0) is 0 Å². The SMILES string of the molecule is [2H]c1c(C)cnc(-c2cccc3c2oc2ccccc23)c1[2H]. The molecule has 2 nitrogen and oxygen atoms in total. The first-order valence-corrected chi connectivity index (χ1v) is 6.50. The van der Waals surface area contributed by atoms with E-state index in [-0.39, 0.29) is 12.1 Å². The van der Waals surface area contributed by atoms with Crippen molar-refractivity contribution in [3.63, 3.8) is 0 Å². The number of para-hydroxylation sites is 2. The van der Waals surface area contributed by atoms with Gasteiger partial charge in [0.2, 0.25) is 0 Å². The fourth-order valence-electron chi connectivity index (χ4n) is 2.45. The molecule has 0 N–H and O–H groups in total. The van der Waals surface area contributed by atoms with Crippen LogP contribution in [0.4, 0.5) is 0 Å². The second kappa shape index (κ2) is 4.20. The summed E-state index contributed by atoms with van der Waals surface area (Å²) < 4.78 is 22.2. The largest absolute Gasteiger partial charge is 0.455 e.